The topological polar surface area (TPSA) is 30.9 Å². The lowest BCUT2D eigenvalue weighted by Crippen LogP contribution is -2.06. The number of hydrogen-bond acceptors (Lipinski definition) is 1. The molecule has 20 heavy (non-hydrogen) atoms. The van der Waals surface area contributed by atoms with Gasteiger partial charge in [0.05, 0.1) is 5.52 Å². The van der Waals surface area contributed by atoms with Gasteiger partial charge >= 0.3 is 0 Å². The molecule has 0 aliphatic heterocycles. The summed E-state index contributed by atoms with van der Waals surface area (Å²) >= 11 is 0. The average molecular weight is 262 g/mol. The van der Waals surface area contributed by atoms with E-state index in [1.807, 2.05) is 6.07 Å². The number of aryl methyl sites for hydroxylation is 1. The van der Waals surface area contributed by atoms with Crippen molar-refractivity contribution in [3.8, 4) is 5.69 Å². The molecule has 0 unspecified atom stereocenters. The van der Waals surface area contributed by atoms with Crippen LogP contribution in [-0.4, -0.2) is 4.57 Å². The van der Waals surface area contributed by atoms with E-state index in [0.717, 1.165) is 5.69 Å². The van der Waals surface area contributed by atoms with E-state index < -0.39 is 0 Å². The molecular weight excluding hydrogens is 244 g/mol. The number of benzene rings is 2. The van der Waals surface area contributed by atoms with Gasteiger partial charge in [0.25, 0.3) is 0 Å². The molecule has 0 bridgehead atoms. The fourth-order valence-corrected chi connectivity index (χ4v) is 3.43. The van der Waals surface area contributed by atoms with E-state index in [9.17, 15) is 0 Å². The molecule has 1 heterocycles. The van der Waals surface area contributed by atoms with E-state index in [1.165, 1.54) is 53.5 Å². The maximum absolute atomic E-state index is 6.00. The van der Waals surface area contributed by atoms with Gasteiger partial charge in [-0.05, 0) is 61.6 Å². The summed E-state index contributed by atoms with van der Waals surface area (Å²) in [5.74, 6) is 0. The van der Waals surface area contributed by atoms with Crippen LogP contribution in [0, 0.1) is 0 Å². The number of rotatable bonds is 1. The van der Waals surface area contributed by atoms with Gasteiger partial charge in [0.15, 0.2) is 0 Å². The Morgan fingerprint density at radius 1 is 0.900 bits per heavy atom. The lowest BCUT2D eigenvalue weighted by atomic mass is 9.95. The Bertz CT molecular complexity index is 769. The van der Waals surface area contributed by atoms with Crippen molar-refractivity contribution >= 4 is 16.6 Å². The van der Waals surface area contributed by atoms with E-state index in [2.05, 4.69) is 47.0 Å². The van der Waals surface area contributed by atoms with Crippen LogP contribution in [-0.2, 0) is 12.8 Å². The number of nitrogens with two attached hydrogens (primary N) is 1. The number of aromatic nitrogens is 1. The Balaban J connectivity index is 2.09. The van der Waals surface area contributed by atoms with E-state index in [4.69, 9.17) is 5.73 Å². The Morgan fingerprint density at radius 3 is 2.55 bits per heavy atom. The zero-order valence-electron chi connectivity index (χ0n) is 11.5. The summed E-state index contributed by atoms with van der Waals surface area (Å²) in [7, 11) is 0. The van der Waals surface area contributed by atoms with Gasteiger partial charge in [0, 0.05) is 22.5 Å². The van der Waals surface area contributed by atoms with Crippen LogP contribution in [0.25, 0.3) is 16.6 Å². The Hall–Kier alpha value is -2.22. The minimum atomic E-state index is 0.857. The number of nitrogen functional groups attached to an aromatic ring is 1. The molecule has 1 aromatic heterocycles. The van der Waals surface area contributed by atoms with Crippen molar-refractivity contribution in [2.45, 2.75) is 25.7 Å². The van der Waals surface area contributed by atoms with E-state index in [-0.39, 0.29) is 0 Å². The Labute approximate surface area is 118 Å². The molecule has 1 aliphatic rings. The first-order chi connectivity index (χ1) is 9.84. The van der Waals surface area contributed by atoms with E-state index in [0.29, 0.717) is 0 Å². The van der Waals surface area contributed by atoms with Gasteiger partial charge in [-0.1, -0.05) is 18.2 Å². The van der Waals surface area contributed by atoms with Crippen LogP contribution >= 0.6 is 0 Å². The van der Waals surface area contributed by atoms with E-state index in [1.54, 1.807) is 0 Å². The van der Waals surface area contributed by atoms with Crippen LogP contribution in [0.4, 0.5) is 5.69 Å². The van der Waals surface area contributed by atoms with Crippen molar-refractivity contribution in [3.05, 3.63) is 59.8 Å². The Kier molecular flexibility index (Phi) is 2.56. The highest BCUT2D eigenvalue weighted by atomic mass is 15.0. The molecule has 0 amide bonds. The van der Waals surface area contributed by atoms with Gasteiger partial charge in [-0.2, -0.15) is 0 Å². The molecule has 2 N–H and O–H groups in total. The normalized spacial score (nSPS) is 14.4. The van der Waals surface area contributed by atoms with Crippen molar-refractivity contribution < 1.29 is 0 Å². The van der Waals surface area contributed by atoms with Gasteiger partial charge < -0.3 is 10.3 Å². The number of fused-ring (bicyclic) bond motifs is 3. The van der Waals surface area contributed by atoms with Crippen molar-refractivity contribution in [1.82, 2.24) is 4.57 Å². The van der Waals surface area contributed by atoms with Gasteiger partial charge in [0.1, 0.15) is 0 Å². The van der Waals surface area contributed by atoms with Gasteiger partial charge in [0.2, 0.25) is 0 Å². The van der Waals surface area contributed by atoms with Crippen molar-refractivity contribution in [1.29, 1.82) is 0 Å². The molecule has 0 saturated carbocycles. The second-order valence-electron chi connectivity index (χ2n) is 5.58. The summed E-state index contributed by atoms with van der Waals surface area (Å²) in [6.45, 7) is 0. The predicted molar refractivity (Wildman–Crippen MR) is 84.3 cm³/mol. The monoisotopic (exact) mass is 262 g/mol. The standard InChI is InChI=1S/C18H18N2/c19-13-10-11-18-16(12-13)15-8-4-5-9-17(15)20(18)14-6-2-1-3-7-14/h1-3,6-7,10-12H,4-5,8-9,19H2. The van der Waals surface area contributed by atoms with Gasteiger partial charge in [-0.25, -0.2) is 0 Å². The largest absolute Gasteiger partial charge is 0.399 e. The number of hydrogen-bond donors (Lipinski definition) is 1. The summed E-state index contributed by atoms with van der Waals surface area (Å²) in [6.07, 6.45) is 4.91. The molecule has 1 aliphatic carbocycles. The molecule has 2 aromatic carbocycles. The molecule has 0 atom stereocenters. The molecule has 4 rings (SSSR count). The maximum atomic E-state index is 6.00. The first-order valence-electron chi connectivity index (χ1n) is 7.32. The minimum absolute atomic E-state index is 0.857. The molecule has 100 valence electrons. The highest BCUT2D eigenvalue weighted by molar-refractivity contribution is 5.90. The predicted octanol–water partition coefficient (Wildman–Crippen LogP) is 4.09. The number of nitrogens with zero attached hydrogens (tertiary/aromatic N) is 1. The minimum Gasteiger partial charge on any atom is -0.399 e. The van der Waals surface area contributed by atoms with Crippen LogP contribution in [0.5, 0.6) is 0 Å². The Morgan fingerprint density at radius 2 is 1.70 bits per heavy atom. The lowest BCUT2D eigenvalue weighted by molar-refractivity contribution is 0.667. The van der Waals surface area contributed by atoms with Crippen molar-refractivity contribution in [2.75, 3.05) is 5.73 Å². The SMILES string of the molecule is Nc1ccc2c(c1)c1c(n2-c2ccccc2)CCCC1. The fraction of sp³-hybridized carbons (Fsp3) is 0.222. The maximum Gasteiger partial charge on any atom is 0.0535 e. The molecule has 2 nitrogen and oxygen atoms in total. The van der Waals surface area contributed by atoms with Crippen molar-refractivity contribution in [2.24, 2.45) is 0 Å². The zero-order valence-corrected chi connectivity index (χ0v) is 11.5. The quantitative estimate of drug-likeness (QED) is 0.658. The lowest BCUT2D eigenvalue weighted by Gasteiger charge is -2.16. The zero-order chi connectivity index (χ0) is 13.5. The van der Waals surface area contributed by atoms with Crippen molar-refractivity contribution in [3.63, 3.8) is 0 Å². The number of para-hydroxylation sites is 1. The molecule has 0 fully saturated rings. The fourth-order valence-electron chi connectivity index (χ4n) is 3.43. The number of anilines is 1. The third-order valence-electron chi connectivity index (χ3n) is 4.31. The second-order valence-corrected chi connectivity index (χ2v) is 5.58. The van der Waals surface area contributed by atoms with Crippen LogP contribution in [0.1, 0.15) is 24.1 Å². The summed E-state index contributed by atoms with van der Waals surface area (Å²) in [5, 5.41) is 1.34. The third kappa shape index (κ3) is 1.64. The molecule has 0 radical (unpaired) electrons. The van der Waals surface area contributed by atoms with Gasteiger partial charge in [-0.15, -0.1) is 0 Å². The summed E-state index contributed by atoms with van der Waals surface area (Å²) < 4.78 is 2.42. The smallest absolute Gasteiger partial charge is 0.0535 e. The van der Waals surface area contributed by atoms with Crippen LogP contribution in [0.15, 0.2) is 48.5 Å². The third-order valence-corrected chi connectivity index (χ3v) is 4.31. The average Bonchev–Trinajstić information content (AvgIpc) is 2.82. The molecule has 0 spiro atoms. The van der Waals surface area contributed by atoms with Gasteiger partial charge in [-0.3, -0.25) is 0 Å². The molecule has 3 aromatic rings. The highest BCUT2D eigenvalue weighted by Crippen LogP contribution is 2.35. The van der Waals surface area contributed by atoms with Crippen LogP contribution in [0.2, 0.25) is 0 Å². The molecule has 2 heteroatoms. The highest BCUT2D eigenvalue weighted by Gasteiger charge is 2.20. The van der Waals surface area contributed by atoms with Crippen LogP contribution < -0.4 is 5.73 Å². The van der Waals surface area contributed by atoms with Crippen LogP contribution in [0.3, 0.4) is 0 Å². The summed E-state index contributed by atoms with van der Waals surface area (Å²) in [6, 6.07) is 17.0. The first-order valence-corrected chi connectivity index (χ1v) is 7.32. The van der Waals surface area contributed by atoms with E-state index >= 15 is 0 Å². The summed E-state index contributed by atoms with van der Waals surface area (Å²) in [5.41, 5.74) is 12.4. The first kappa shape index (κ1) is 11.6. The second kappa shape index (κ2) is 4.41. The summed E-state index contributed by atoms with van der Waals surface area (Å²) in [4.78, 5) is 0. The molecule has 0 saturated heterocycles. The molecular formula is C18H18N2.